The zero-order chi connectivity index (χ0) is 14.7. The van der Waals surface area contributed by atoms with E-state index in [1.54, 1.807) is 0 Å². The maximum absolute atomic E-state index is 4.82. The minimum absolute atomic E-state index is 0.632. The lowest BCUT2D eigenvalue weighted by molar-refractivity contribution is 0.133. The predicted molar refractivity (Wildman–Crippen MR) is 88.3 cm³/mol. The van der Waals surface area contributed by atoms with Crippen molar-refractivity contribution < 1.29 is 0 Å². The van der Waals surface area contributed by atoms with Crippen LogP contribution in [0.15, 0.2) is 36.4 Å². The van der Waals surface area contributed by atoms with E-state index in [1.807, 2.05) is 0 Å². The maximum Gasteiger partial charge on any atom is 0.0705 e. The second kappa shape index (κ2) is 6.54. The molecule has 112 valence electrons. The van der Waals surface area contributed by atoms with Crippen molar-refractivity contribution in [2.75, 3.05) is 19.6 Å². The van der Waals surface area contributed by atoms with E-state index in [-0.39, 0.29) is 0 Å². The molecule has 1 saturated heterocycles. The number of nitrogens with one attached hydrogen (secondary N) is 1. The number of rotatable bonds is 4. The van der Waals surface area contributed by atoms with Crippen molar-refractivity contribution in [2.45, 2.75) is 32.9 Å². The molecule has 3 rings (SSSR count). The largest absolute Gasteiger partial charge is 0.314 e. The molecule has 1 atom stereocenters. The summed E-state index contributed by atoms with van der Waals surface area (Å²) in [6.07, 6.45) is 1.25. The summed E-state index contributed by atoms with van der Waals surface area (Å²) >= 11 is 0. The molecule has 1 aromatic heterocycles. The van der Waals surface area contributed by atoms with Crippen molar-refractivity contribution in [2.24, 2.45) is 5.92 Å². The van der Waals surface area contributed by atoms with Gasteiger partial charge in [-0.2, -0.15) is 0 Å². The molecule has 21 heavy (non-hydrogen) atoms. The van der Waals surface area contributed by atoms with E-state index in [0.29, 0.717) is 6.04 Å². The van der Waals surface area contributed by atoms with Crippen molar-refractivity contribution in [1.82, 2.24) is 15.2 Å². The van der Waals surface area contributed by atoms with Gasteiger partial charge >= 0.3 is 0 Å². The van der Waals surface area contributed by atoms with Crippen LogP contribution in [0.1, 0.15) is 26.0 Å². The molecule has 1 aromatic carbocycles. The summed E-state index contributed by atoms with van der Waals surface area (Å²) in [5.74, 6) is 0.738. The number of piperazine rings is 1. The number of nitrogens with zero attached hydrogens (tertiary/aromatic N) is 2. The van der Waals surface area contributed by atoms with E-state index in [1.165, 1.54) is 17.5 Å². The topological polar surface area (TPSA) is 28.2 Å². The first-order valence-electron chi connectivity index (χ1n) is 8.02. The SMILES string of the molecule is CC(C)CC1CNCCN1Cc1ccc2ccccc2n1. The summed E-state index contributed by atoms with van der Waals surface area (Å²) in [5, 5.41) is 4.75. The van der Waals surface area contributed by atoms with Crippen molar-refractivity contribution in [3.8, 4) is 0 Å². The molecular weight excluding hydrogens is 258 g/mol. The Hall–Kier alpha value is -1.45. The molecule has 3 heteroatoms. The Labute approximate surface area is 127 Å². The average molecular weight is 283 g/mol. The zero-order valence-corrected chi connectivity index (χ0v) is 13.0. The molecule has 2 aromatic rings. The highest BCUT2D eigenvalue weighted by molar-refractivity contribution is 5.78. The minimum atomic E-state index is 0.632. The number of pyridine rings is 1. The van der Waals surface area contributed by atoms with E-state index < -0.39 is 0 Å². The van der Waals surface area contributed by atoms with Gasteiger partial charge < -0.3 is 5.32 Å². The molecule has 1 unspecified atom stereocenters. The van der Waals surface area contributed by atoms with Crippen LogP contribution < -0.4 is 5.32 Å². The fourth-order valence-electron chi connectivity index (χ4n) is 3.19. The lowest BCUT2D eigenvalue weighted by Gasteiger charge is -2.37. The van der Waals surface area contributed by atoms with Crippen LogP contribution in [0.3, 0.4) is 0 Å². The molecule has 0 amide bonds. The monoisotopic (exact) mass is 283 g/mol. The standard InChI is InChI=1S/C18H25N3/c1-14(2)11-17-12-19-9-10-21(17)13-16-8-7-15-5-3-4-6-18(15)20-16/h3-8,14,17,19H,9-13H2,1-2H3. The lowest BCUT2D eigenvalue weighted by atomic mass is 10.0. The molecule has 3 nitrogen and oxygen atoms in total. The van der Waals surface area contributed by atoms with Crippen LogP contribution in [0.25, 0.3) is 10.9 Å². The molecule has 1 fully saturated rings. The molecule has 0 bridgehead atoms. The van der Waals surface area contributed by atoms with Crippen LogP contribution in [0.2, 0.25) is 0 Å². The first kappa shape index (κ1) is 14.5. The number of benzene rings is 1. The zero-order valence-electron chi connectivity index (χ0n) is 13.0. The number of aromatic nitrogens is 1. The highest BCUT2D eigenvalue weighted by Gasteiger charge is 2.23. The van der Waals surface area contributed by atoms with Crippen LogP contribution in [-0.2, 0) is 6.54 Å². The van der Waals surface area contributed by atoms with Gasteiger partial charge in [0.15, 0.2) is 0 Å². The van der Waals surface area contributed by atoms with Crippen molar-refractivity contribution >= 4 is 10.9 Å². The van der Waals surface area contributed by atoms with Gasteiger partial charge in [-0.15, -0.1) is 0 Å². The summed E-state index contributed by atoms with van der Waals surface area (Å²) in [6, 6.07) is 13.4. The second-order valence-electron chi connectivity index (χ2n) is 6.45. The Kier molecular flexibility index (Phi) is 4.51. The second-order valence-corrected chi connectivity index (χ2v) is 6.45. The highest BCUT2D eigenvalue weighted by atomic mass is 15.2. The van der Waals surface area contributed by atoms with Crippen LogP contribution in [-0.4, -0.2) is 35.6 Å². The minimum Gasteiger partial charge on any atom is -0.314 e. The van der Waals surface area contributed by atoms with E-state index in [2.05, 4.69) is 60.5 Å². The first-order valence-corrected chi connectivity index (χ1v) is 8.02. The third-order valence-electron chi connectivity index (χ3n) is 4.24. The summed E-state index contributed by atoms with van der Waals surface area (Å²) in [6.45, 7) is 8.88. The molecule has 1 aliphatic rings. The van der Waals surface area contributed by atoms with Crippen LogP contribution >= 0.6 is 0 Å². The van der Waals surface area contributed by atoms with Gasteiger partial charge in [0, 0.05) is 37.6 Å². The van der Waals surface area contributed by atoms with E-state index >= 15 is 0 Å². The Morgan fingerprint density at radius 3 is 2.95 bits per heavy atom. The van der Waals surface area contributed by atoms with Gasteiger partial charge in [-0.1, -0.05) is 38.1 Å². The summed E-state index contributed by atoms with van der Waals surface area (Å²) in [4.78, 5) is 7.41. The first-order chi connectivity index (χ1) is 10.2. The third-order valence-corrected chi connectivity index (χ3v) is 4.24. The van der Waals surface area contributed by atoms with Gasteiger partial charge in [0.2, 0.25) is 0 Å². The predicted octanol–water partition coefficient (Wildman–Crippen LogP) is 3.05. The van der Waals surface area contributed by atoms with Gasteiger partial charge in [0.05, 0.1) is 11.2 Å². The third kappa shape index (κ3) is 3.60. The molecule has 1 N–H and O–H groups in total. The van der Waals surface area contributed by atoms with Crippen LogP contribution in [0, 0.1) is 5.92 Å². The van der Waals surface area contributed by atoms with Crippen molar-refractivity contribution in [1.29, 1.82) is 0 Å². The number of para-hydroxylation sites is 1. The van der Waals surface area contributed by atoms with Gasteiger partial charge in [-0.25, -0.2) is 0 Å². The molecule has 0 radical (unpaired) electrons. The van der Waals surface area contributed by atoms with Gasteiger partial charge in [-0.3, -0.25) is 9.88 Å². The lowest BCUT2D eigenvalue weighted by Crippen LogP contribution is -2.51. The smallest absolute Gasteiger partial charge is 0.0705 e. The summed E-state index contributed by atoms with van der Waals surface area (Å²) in [5.41, 5.74) is 2.29. The molecule has 0 spiro atoms. The molecule has 0 saturated carbocycles. The van der Waals surface area contributed by atoms with E-state index in [9.17, 15) is 0 Å². The fourth-order valence-corrected chi connectivity index (χ4v) is 3.19. The fraction of sp³-hybridized carbons (Fsp3) is 0.500. The molecule has 2 heterocycles. The van der Waals surface area contributed by atoms with Gasteiger partial charge in [-0.05, 0) is 24.5 Å². The van der Waals surface area contributed by atoms with E-state index in [0.717, 1.165) is 37.6 Å². The Bertz CT molecular complexity index is 594. The van der Waals surface area contributed by atoms with Gasteiger partial charge in [0.1, 0.15) is 0 Å². The van der Waals surface area contributed by atoms with Crippen LogP contribution in [0.5, 0.6) is 0 Å². The summed E-state index contributed by atoms with van der Waals surface area (Å²) < 4.78 is 0. The quantitative estimate of drug-likeness (QED) is 0.935. The van der Waals surface area contributed by atoms with Crippen molar-refractivity contribution in [3.05, 3.63) is 42.1 Å². The number of hydrogen-bond acceptors (Lipinski definition) is 3. The number of fused-ring (bicyclic) bond motifs is 1. The normalized spacial score (nSPS) is 20.2. The molecular formula is C18H25N3. The summed E-state index contributed by atoms with van der Waals surface area (Å²) in [7, 11) is 0. The van der Waals surface area contributed by atoms with E-state index in [4.69, 9.17) is 4.98 Å². The Morgan fingerprint density at radius 2 is 2.10 bits per heavy atom. The highest BCUT2D eigenvalue weighted by Crippen LogP contribution is 2.18. The number of hydrogen-bond donors (Lipinski definition) is 1. The molecule has 0 aliphatic carbocycles. The average Bonchev–Trinajstić information content (AvgIpc) is 2.49. The Morgan fingerprint density at radius 1 is 1.24 bits per heavy atom. The van der Waals surface area contributed by atoms with Crippen molar-refractivity contribution in [3.63, 3.8) is 0 Å². The molecule has 1 aliphatic heterocycles. The Balaban J connectivity index is 1.75. The maximum atomic E-state index is 4.82. The van der Waals surface area contributed by atoms with Crippen LogP contribution in [0.4, 0.5) is 0 Å². The van der Waals surface area contributed by atoms with Gasteiger partial charge in [0.25, 0.3) is 0 Å².